The molecule has 6 nitrogen and oxygen atoms in total. The maximum Gasteiger partial charge on any atom is 0.407 e. The van der Waals surface area contributed by atoms with Gasteiger partial charge in [-0.2, -0.15) is 0 Å². The van der Waals surface area contributed by atoms with E-state index >= 15 is 0 Å². The summed E-state index contributed by atoms with van der Waals surface area (Å²) in [5.74, 6) is -0.502. The smallest absolute Gasteiger partial charge is 0.407 e. The maximum atomic E-state index is 12.3. The molecule has 1 aliphatic rings. The summed E-state index contributed by atoms with van der Waals surface area (Å²) in [6, 6.07) is 15.5. The molecular formula is C22H27ClN2O4. The molecule has 3 rings (SSSR count). The number of carbonyl (C=O) groups excluding carboxylic acids is 2. The highest BCUT2D eigenvalue weighted by atomic mass is 35.5. The molecule has 3 N–H and O–H groups in total. The second kappa shape index (κ2) is 10.8. The van der Waals surface area contributed by atoms with E-state index in [0.29, 0.717) is 13.0 Å². The number of ether oxygens (including phenoxy) is 2. The molecule has 0 radical (unpaired) electrons. The fourth-order valence-electron chi connectivity index (χ4n) is 3.67. The van der Waals surface area contributed by atoms with Gasteiger partial charge in [0.25, 0.3) is 0 Å². The Morgan fingerprint density at radius 3 is 2.17 bits per heavy atom. The van der Waals surface area contributed by atoms with Crippen molar-refractivity contribution in [3.63, 3.8) is 0 Å². The summed E-state index contributed by atoms with van der Waals surface area (Å²) in [4.78, 5) is 24.2. The molecule has 0 aliphatic heterocycles. The van der Waals surface area contributed by atoms with Gasteiger partial charge in [-0.1, -0.05) is 48.5 Å². The predicted molar refractivity (Wildman–Crippen MR) is 114 cm³/mol. The normalized spacial score (nSPS) is 12.9. The van der Waals surface area contributed by atoms with Crippen molar-refractivity contribution in [2.24, 2.45) is 5.73 Å². The number of rotatable bonds is 8. The molecule has 2 aromatic carbocycles. The molecule has 0 bridgehead atoms. The van der Waals surface area contributed by atoms with Crippen LogP contribution in [0.4, 0.5) is 4.79 Å². The molecule has 7 heteroatoms. The van der Waals surface area contributed by atoms with E-state index in [1.165, 1.54) is 18.2 Å². The average Bonchev–Trinajstić information content (AvgIpc) is 3.05. The molecule has 0 fully saturated rings. The molecule has 0 saturated carbocycles. The standard InChI is InChI=1S/C22H26N2O4.ClH/c1-27-21(25)20(12-6-7-13-23)24-22(26)28-14-19-17-10-4-2-8-15(17)16-9-3-5-11-18(16)19;/h2-5,8-11,19-20H,6-7,12-14,23H2,1H3,(H,24,26);1H/t20-;/m1./s1. The second-order valence-electron chi connectivity index (χ2n) is 6.83. The number of fused-ring (bicyclic) bond motifs is 3. The first kappa shape index (κ1) is 22.7. The molecule has 1 amide bonds. The SMILES string of the molecule is COC(=O)[C@@H](CCCCN)NC(=O)OCC1c2ccccc2-c2ccccc21.Cl. The highest BCUT2D eigenvalue weighted by molar-refractivity contribution is 5.85. The number of esters is 1. The Labute approximate surface area is 177 Å². The number of amides is 1. The van der Waals surface area contributed by atoms with Crippen molar-refractivity contribution in [1.82, 2.24) is 5.32 Å². The van der Waals surface area contributed by atoms with Crippen molar-refractivity contribution < 1.29 is 19.1 Å². The van der Waals surface area contributed by atoms with E-state index in [4.69, 9.17) is 15.2 Å². The third-order valence-electron chi connectivity index (χ3n) is 5.07. The van der Waals surface area contributed by atoms with Gasteiger partial charge in [-0.25, -0.2) is 9.59 Å². The van der Waals surface area contributed by atoms with Gasteiger partial charge in [0.2, 0.25) is 0 Å². The minimum atomic E-state index is -0.729. The second-order valence-corrected chi connectivity index (χ2v) is 6.83. The third kappa shape index (κ3) is 5.28. The Kier molecular flexibility index (Phi) is 8.49. The van der Waals surface area contributed by atoms with E-state index < -0.39 is 18.1 Å². The van der Waals surface area contributed by atoms with Crippen LogP contribution >= 0.6 is 12.4 Å². The van der Waals surface area contributed by atoms with Gasteiger partial charge in [-0.05, 0) is 48.1 Å². The number of nitrogens with one attached hydrogen (secondary N) is 1. The molecule has 0 spiro atoms. The highest BCUT2D eigenvalue weighted by Crippen LogP contribution is 2.44. The summed E-state index contributed by atoms with van der Waals surface area (Å²) in [6.07, 6.45) is 1.35. The molecule has 0 unspecified atom stereocenters. The van der Waals surface area contributed by atoms with Gasteiger partial charge in [-0.3, -0.25) is 0 Å². The predicted octanol–water partition coefficient (Wildman–Crippen LogP) is 3.62. The summed E-state index contributed by atoms with van der Waals surface area (Å²) in [5.41, 5.74) is 10.1. The van der Waals surface area contributed by atoms with Crippen LogP contribution in [-0.2, 0) is 14.3 Å². The first-order valence-corrected chi connectivity index (χ1v) is 9.55. The number of benzene rings is 2. The van der Waals surface area contributed by atoms with Crippen molar-refractivity contribution in [3.05, 3.63) is 59.7 Å². The molecule has 0 heterocycles. The number of methoxy groups -OCH3 is 1. The van der Waals surface area contributed by atoms with E-state index in [9.17, 15) is 9.59 Å². The van der Waals surface area contributed by atoms with Crippen molar-refractivity contribution in [3.8, 4) is 11.1 Å². The third-order valence-corrected chi connectivity index (χ3v) is 5.07. The van der Waals surface area contributed by atoms with Crippen LogP contribution in [0.25, 0.3) is 11.1 Å². The van der Waals surface area contributed by atoms with Crippen molar-refractivity contribution >= 4 is 24.5 Å². The summed E-state index contributed by atoms with van der Waals surface area (Å²) < 4.78 is 10.3. The van der Waals surface area contributed by atoms with Crippen molar-refractivity contribution in [2.75, 3.05) is 20.3 Å². The molecular weight excluding hydrogens is 392 g/mol. The van der Waals surface area contributed by atoms with Gasteiger partial charge in [0.05, 0.1) is 7.11 Å². The van der Waals surface area contributed by atoms with Gasteiger partial charge in [0.15, 0.2) is 0 Å². The first-order chi connectivity index (χ1) is 13.7. The number of alkyl carbamates (subject to hydrolysis) is 1. The summed E-state index contributed by atoms with van der Waals surface area (Å²) in [5, 5.41) is 2.62. The summed E-state index contributed by atoms with van der Waals surface area (Å²) >= 11 is 0. The summed E-state index contributed by atoms with van der Waals surface area (Å²) in [6.45, 7) is 0.745. The lowest BCUT2D eigenvalue weighted by atomic mass is 9.98. The number of hydrogen-bond acceptors (Lipinski definition) is 5. The van der Waals surface area contributed by atoms with E-state index in [1.54, 1.807) is 0 Å². The van der Waals surface area contributed by atoms with Crippen LogP contribution in [0.5, 0.6) is 0 Å². The van der Waals surface area contributed by atoms with Gasteiger partial charge in [0, 0.05) is 5.92 Å². The van der Waals surface area contributed by atoms with Crippen LogP contribution in [0.2, 0.25) is 0 Å². The number of carbonyl (C=O) groups is 2. The quantitative estimate of drug-likeness (QED) is 0.504. The monoisotopic (exact) mass is 418 g/mol. The van der Waals surface area contributed by atoms with Gasteiger partial charge in [-0.15, -0.1) is 12.4 Å². The summed E-state index contributed by atoms with van der Waals surface area (Å²) in [7, 11) is 1.30. The largest absolute Gasteiger partial charge is 0.467 e. The molecule has 2 aromatic rings. The van der Waals surface area contributed by atoms with E-state index in [0.717, 1.165) is 24.0 Å². The van der Waals surface area contributed by atoms with Crippen LogP contribution in [0.15, 0.2) is 48.5 Å². The zero-order chi connectivity index (χ0) is 19.9. The fourth-order valence-corrected chi connectivity index (χ4v) is 3.67. The van der Waals surface area contributed by atoms with Crippen molar-refractivity contribution in [1.29, 1.82) is 0 Å². The Bertz CT molecular complexity index is 798. The Hall–Kier alpha value is -2.57. The fraction of sp³-hybridized carbons (Fsp3) is 0.364. The average molecular weight is 419 g/mol. The van der Waals surface area contributed by atoms with Crippen LogP contribution in [0.3, 0.4) is 0 Å². The Morgan fingerprint density at radius 1 is 1.03 bits per heavy atom. The zero-order valence-corrected chi connectivity index (χ0v) is 17.2. The number of nitrogens with two attached hydrogens (primary N) is 1. The Balaban J connectivity index is 0.00000300. The molecule has 29 heavy (non-hydrogen) atoms. The van der Waals surface area contributed by atoms with Gasteiger partial charge < -0.3 is 20.5 Å². The van der Waals surface area contributed by atoms with Gasteiger partial charge >= 0.3 is 12.1 Å². The lowest BCUT2D eigenvalue weighted by Crippen LogP contribution is -2.42. The molecule has 1 aliphatic carbocycles. The van der Waals surface area contributed by atoms with Crippen LogP contribution in [-0.4, -0.2) is 38.4 Å². The minimum Gasteiger partial charge on any atom is -0.467 e. The highest BCUT2D eigenvalue weighted by Gasteiger charge is 2.29. The number of halogens is 1. The first-order valence-electron chi connectivity index (χ1n) is 9.55. The molecule has 1 atom stereocenters. The van der Waals surface area contributed by atoms with Gasteiger partial charge in [0.1, 0.15) is 12.6 Å². The molecule has 0 aromatic heterocycles. The van der Waals surface area contributed by atoms with E-state index in [1.807, 2.05) is 24.3 Å². The van der Waals surface area contributed by atoms with E-state index in [-0.39, 0.29) is 24.9 Å². The van der Waals surface area contributed by atoms with Crippen LogP contribution in [0.1, 0.15) is 36.3 Å². The molecule has 0 saturated heterocycles. The zero-order valence-electron chi connectivity index (χ0n) is 16.4. The number of unbranched alkanes of at least 4 members (excludes halogenated alkanes) is 1. The lowest BCUT2D eigenvalue weighted by molar-refractivity contribution is -0.143. The maximum absolute atomic E-state index is 12.3. The number of hydrogen-bond donors (Lipinski definition) is 2. The van der Waals surface area contributed by atoms with Crippen LogP contribution in [0, 0.1) is 0 Å². The molecule has 156 valence electrons. The van der Waals surface area contributed by atoms with Crippen LogP contribution < -0.4 is 11.1 Å². The Morgan fingerprint density at radius 2 is 1.62 bits per heavy atom. The van der Waals surface area contributed by atoms with E-state index in [2.05, 4.69) is 29.6 Å². The topological polar surface area (TPSA) is 90.6 Å². The van der Waals surface area contributed by atoms with Crippen molar-refractivity contribution in [2.45, 2.75) is 31.2 Å². The lowest BCUT2D eigenvalue weighted by Gasteiger charge is -2.18. The minimum absolute atomic E-state index is 0.